The van der Waals surface area contributed by atoms with E-state index in [4.69, 9.17) is 12.2 Å². The Morgan fingerprint density at radius 2 is 2.07 bits per heavy atom. The van der Waals surface area contributed by atoms with Crippen molar-refractivity contribution in [2.45, 2.75) is 33.5 Å². The molecule has 0 aliphatic heterocycles. The van der Waals surface area contributed by atoms with Crippen LogP contribution in [0.15, 0.2) is 35.8 Å². The first-order valence-corrected chi connectivity index (χ1v) is 9.98. The van der Waals surface area contributed by atoms with Gasteiger partial charge in [-0.3, -0.25) is 9.59 Å². The Bertz CT molecular complexity index is 1040. The first kappa shape index (κ1) is 19.9. The maximum Gasteiger partial charge on any atom is 0.251 e. The Morgan fingerprint density at radius 1 is 1.29 bits per heavy atom. The van der Waals surface area contributed by atoms with E-state index in [-0.39, 0.29) is 24.9 Å². The molecule has 28 heavy (non-hydrogen) atoms. The minimum Gasteiger partial charge on any atom is -0.345 e. The molecule has 0 saturated heterocycles. The van der Waals surface area contributed by atoms with Gasteiger partial charge in [0.05, 0.1) is 6.54 Å². The number of nitrogens with zero attached hydrogens (tertiary/aromatic N) is 4. The molecule has 3 aromatic rings. The van der Waals surface area contributed by atoms with Crippen molar-refractivity contribution >= 4 is 40.5 Å². The lowest BCUT2D eigenvalue weighted by atomic mass is 10.1. The summed E-state index contributed by atoms with van der Waals surface area (Å²) < 4.78 is 3.68. The number of anilines is 1. The summed E-state index contributed by atoms with van der Waals surface area (Å²) in [5.74, 6) is 0.154. The first-order chi connectivity index (χ1) is 13.5. The van der Waals surface area contributed by atoms with Crippen molar-refractivity contribution in [2.75, 3.05) is 5.32 Å². The van der Waals surface area contributed by atoms with Gasteiger partial charge >= 0.3 is 0 Å². The van der Waals surface area contributed by atoms with Crippen molar-refractivity contribution in [1.29, 1.82) is 0 Å². The minimum absolute atomic E-state index is 0.0237. The van der Waals surface area contributed by atoms with Gasteiger partial charge in [-0.05, 0) is 37.7 Å². The number of rotatable bonds is 7. The average molecular weight is 417 g/mol. The van der Waals surface area contributed by atoms with Crippen LogP contribution in [0.5, 0.6) is 0 Å². The van der Waals surface area contributed by atoms with E-state index >= 15 is 0 Å². The van der Waals surface area contributed by atoms with Gasteiger partial charge in [0.25, 0.3) is 5.91 Å². The molecule has 0 radical (unpaired) electrons. The third-order valence-corrected chi connectivity index (χ3v) is 5.20. The van der Waals surface area contributed by atoms with E-state index in [1.807, 2.05) is 32.0 Å². The molecule has 0 spiro atoms. The second-order valence-electron chi connectivity index (χ2n) is 5.98. The zero-order chi connectivity index (χ0) is 20.1. The molecule has 2 aromatic heterocycles. The van der Waals surface area contributed by atoms with Crippen molar-refractivity contribution in [2.24, 2.45) is 0 Å². The molecule has 0 fully saturated rings. The number of aryl methyl sites for hydroxylation is 1. The number of amides is 2. The third kappa shape index (κ3) is 4.52. The topological polar surface area (TPSA) is 93.8 Å². The molecule has 0 atom stereocenters. The Hall–Kier alpha value is -2.85. The highest BCUT2D eigenvalue weighted by molar-refractivity contribution is 7.71. The van der Waals surface area contributed by atoms with Crippen LogP contribution >= 0.6 is 23.6 Å². The maximum absolute atomic E-state index is 12.4. The summed E-state index contributed by atoms with van der Waals surface area (Å²) >= 11 is 6.77. The van der Waals surface area contributed by atoms with Gasteiger partial charge in [0.1, 0.15) is 6.54 Å². The van der Waals surface area contributed by atoms with Gasteiger partial charge in [-0.1, -0.05) is 18.2 Å². The van der Waals surface area contributed by atoms with Crippen LogP contribution in [0.25, 0.3) is 0 Å². The highest BCUT2D eigenvalue weighted by atomic mass is 32.1. The minimum atomic E-state index is -0.262. The van der Waals surface area contributed by atoms with Crippen LogP contribution in [0.1, 0.15) is 28.7 Å². The lowest BCUT2D eigenvalue weighted by Crippen LogP contribution is -2.25. The van der Waals surface area contributed by atoms with Gasteiger partial charge in [0.15, 0.2) is 15.7 Å². The number of aromatic nitrogens is 4. The molecular weight excluding hydrogens is 396 g/mol. The smallest absolute Gasteiger partial charge is 0.251 e. The van der Waals surface area contributed by atoms with Crippen LogP contribution in [0.3, 0.4) is 0 Å². The van der Waals surface area contributed by atoms with Crippen LogP contribution in [-0.4, -0.2) is 31.1 Å². The van der Waals surface area contributed by atoms with Crippen molar-refractivity contribution in [3.8, 4) is 0 Å². The van der Waals surface area contributed by atoms with E-state index in [9.17, 15) is 9.59 Å². The summed E-state index contributed by atoms with van der Waals surface area (Å²) in [7, 11) is 0. The van der Waals surface area contributed by atoms with E-state index in [0.29, 0.717) is 27.8 Å². The zero-order valence-electron chi connectivity index (χ0n) is 15.5. The van der Waals surface area contributed by atoms with E-state index < -0.39 is 0 Å². The molecule has 2 N–H and O–H groups in total. The molecule has 0 saturated carbocycles. The SMILES string of the molecule is CCn1c(CNC(=O)c2ccccc2C)nn(CC(=O)Nc2nccs2)c1=S. The molecule has 2 amide bonds. The number of hydrogen-bond donors (Lipinski definition) is 2. The summed E-state index contributed by atoms with van der Waals surface area (Å²) in [6.07, 6.45) is 1.62. The third-order valence-electron chi connectivity index (χ3n) is 4.08. The van der Waals surface area contributed by atoms with Crippen LogP contribution in [0, 0.1) is 11.7 Å². The van der Waals surface area contributed by atoms with E-state index in [1.165, 1.54) is 16.0 Å². The number of benzene rings is 1. The fourth-order valence-electron chi connectivity index (χ4n) is 2.70. The Kier molecular flexibility index (Phi) is 6.32. The standard InChI is InChI=1S/C18H20N6O2S2/c1-3-23-14(10-20-16(26)13-7-5-4-6-12(13)2)22-24(18(23)27)11-15(25)21-17-19-8-9-28-17/h4-9H,3,10-11H2,1-2H3,(H,20,26)(H,19,21,25). The van der Waals surface area contributed by atoms with E-state index in [1.54, 1.807) is 22.2 Å². The molecule has 0 unspecified atom stereocenters. The number of thiazole rings is 1. The van der Waals surface area contributed by atoms with Crippen LogP contribution in [-0.2, 0) is 24.4 Å². The molecule has 0 aliphatic carbocycles. The van der Waals surface area contributed by atoms with Crippen LogP contribution < -0.4 is 10.6 Å². The normalized spacial score (nSPS) is 10.6. The average Bonchev–Trinajstić information content (AvgIpc) is 3.28. The van der Waals surface area contributed by atoms with Crippen LogP contribution in [0.2, 0.25) is 0 Å². The van der Waals surface area contributed by atoms with Crippen molar-refractivity contribution in [3.63, 3.8) is 0 Å². The lowest BCUT2D eigenvalue weighted by Gasteiger charge is -2.07. The Morgan fingerprint density at radius 3 is 2.75 bits per heavy atom. The van der Waals surface area contributed by atoms with E-state index in [0.717, 1.165) is 5.56 Å². The molecule has 8 nitrogen and oxygen atoms in total. The molecule has 10 heteroatoms. The van der Waals surface area contributed by atoms with Gasteiger partial charge < -0.3 is 15.2 Å². The van der Waals surface area contributed by atoms with Crippen molar-refractivity contribution in [1.82, 2.24) is 24.6 Å². The summed E-state index contributed by atoms with van der Waals surface area (Å²) in [5.41, 5.74) is 1.52. The van der Waals surface area contributed by atoms with Gasteiger partial charge in [-0.2, -0.15) is 5.10 Å². The summed E-state index contributed by atoms with van der Waals surface area (Å²) in [4.78, 5) is 28.7. The molecule has 1 aromatic carbocycles. The van der Waals surface area contributed by atoms with Gasteiger partial charge in [0, 0.05) is 23.7 Å². The van der Waals surface area contributed by atoms with Crippen LogP contribution in [0.4, 0.5) is 5.13 Å². The second kappa shape index (κ2) is 8.89. The molecule has 0 bridgehead atoms. The first-order valence-electron chi connectivity index (χ1n) is 8.69. The summed E-state index contributed by atoms with van der Waals surface area (Å²) in [5, 5.41) is 12.3. The molecule has 3 rings (SSSR count). The Balaban J connectivity index is 1.70. The van der Waals surface area contributed by atoms with Crippen molar-refractivity contribution in [3.05, 3.63) is 57.6 Å². The lowest BCUT2D eigenvalue weighted by molar-refractivity contribution is -0.116. The monoisotopic (exact) mass is 416 g/mol. The highest BCUT2D eigenvalue weighted by Gasteiger charge is 2.15. The second-order valence-corrected chi connectivity index (χ2v) is 7.24. The fraction of sp³-hybridized carbons (Fsp3) is 0.278. The number of carbonyl (C=O) groups is 2. The van der Waals surface area contributed by atoms with Gasteiger partial charge in [-0.25, -0.2) is 9.67 Å². The highest BCUT2D eigenvalue weighted by Crippen LogP contribution is 2.11. The summed E-state index contributed by atoms with van der Waals surface area (Å²) in [6.45, 7) is 4.60. The maximum atomic E-state index is 12.4. The van der Waals surface area contributed by atoms with Crippen molar-refractivity contribution < 1.29 is 9.59 Å². The predicted molar refractivity (Wildman–Crippen MR) is 110 cm³/mol. The zero-order valence-corrected chi connectivity index (χ0v) is 17.1. The molecule has 0 aliphatic rings. The summed E-state index contributed by atoms with van der Waals surface area (Å²) in [6, 6.07) is 7.38. The van der Waals surface area contributed by atoms with E-state index in [2.05, 4.69) is 20.7 Å². The number of carbonyl (C=O) groups excluding carboxylic acids is 2. The van der Waals surface area contributed by atoms with Gasteiger partial charge in [0.2, 0.25) is 5.91 Å². The molecular formula is C18H20N6O2S2. The number of hydrogen-bond acceptors (Lipinski definition) is 6. The largest absolute Gasteiger partial charge is 0.345 e. The van der Waals surface area contributed by atoms with Gasteiger partial charge in [-0.15, -0.1) is 11.3 Å². The fourth-order valence-corrected chi connectivity index (χ4v) is 3.58. The number of nitrogens with one attached hydrogen (secondary N) is 2. The molecule has 146 valence electrons. The quantitative estimate of drug-likeness (QED) is 0.578. The predicted octanol–water partition coefficient (Wildman–Crippen LogP) is 2.77. The Labute approximate surface area is 171 Å². The molecule has 2 heterocycles.